The fraction of sp³-hybridized carbons (Fsp3) is 0.167. The Hall–Kier alpha value is -4.18. The van der Waals surface area contributed by atoms with Crippen LogP contribution in [0.3, 0.4) is 0 Å². The van der Waals surface area contributed by atoms with E-state index in [9.17, 15) is 24.3 Å². The summed E-state index contributed by atoms with van der Waals surface area (Å²) in [5.74, 6) is -3.04. The number of anilines is 2. The molecular weight excluding hydrogens is 460 g/mol. The highest BCUT2D eigenvalue weighted by Crippen LogP contribution is 2.34. The molecule has 0 spiro atoms. The van der Waals surface area contributed by atoms with Crippen molar-refractivity contribution in [2.75, 3.05) is 23.8 Å². The molecule has 0 atom stereocenters. The number of esters is 2. The van der Waals surface area contributed by atoms with E-state index >= 15 is 0 Å². The number of carbonyl (C=O) groups excluding carboxylic acids is 4. The molecule has 0 saturated heterocycles. The van der Waals surface area contributed by atoms with Crippen molar-refractivity contribution in [2.45, 2.75) is 13.8 Å². The number of hydrogen-bond acceptors (Lipinski definition) is 8. The van der Waals surface area contributed by atoms with Crippen molar-refractivity contribution in [1.82, 2.24) is 0 Å². The minimum Gasteiger partial charge on any atom is -0.507 e. The number of aromatic hydroxyl groups is 1. The normalized spacial score (nSPS) is 10.3. The van der Waals surface area contributed by atoms with Crippen molar-refractivity contribution < 1.29 is 33.8 Å². The summed E-state index contributed by atoms with van der Waals surface area (Å²) in [5, 5.41) is 15.1. The molecule has 3 N–H and O–H groups in total. The molecule has 34 heavy (non-hydrogen) atoms. The Kier molecular flexibility index (Phi) is 7.99. The van der Waals surface area contributed by atoms with Crippen molar-refractivity contribution in [1.29, 1.82) is 0 Å². The number of carbonyl (C=O) groups is 4. The summed E-state index contributed by atoms with van der Waals surface area (Å²) >= 11 is 0.904. The predicted molar refractivity (Wildman–Crippen MR) is 126 cm³/mol. The highest BCUT2D eigenvalue weighted by molar-refractivity contribution is 7.19. The summed E-state index contributed by atoms with van der Waals surface area (Å²) < 4.78 is 10.0. The van der Waals surface area contributed by atoms with Crippen LogP contribution in [0.15, 0.2) is 54.6 Å². The fourth-order valence-electron chi connectivity index (χ4n) is 2.99. The molecule has 2 amide bonds. The quantitative estimate of drug-likeness (QED) is 0.414. The molecule has 176 valence electrons. The lowest BCUT2D eigenvalue weighted by atomic mass is 10.1. The first-order valence-electron chi connectivity index (χ1n) is 10.2. The van der Waals surface area contributed by atoms with Gasteiger partial charge in [0.2, 0.25) is 0 Å². The second-order valence-electron chi connectivity index (χ2n) is 6.94. The van der Waals surface area contributed by atoms with E-state index in [1.807, 2.05) is 6.07 Å². The monoisotopic (exact) mass is 482 g/mol. The average Bonchev–Trinajstić information content (AvgIpc) is 3.14. The summed E-state index contributed by atoms with van der Waals surface area (Å²) in [6.45, 7) is 2.65. The van der Waals surface area contributed by atoms with Crippen LogP contribution >= 0.6 is 11.3 Å². The number of rotatable bonds is 8. The van der Waals surface area contributed by atoms with Crippen LogP contribution < -0.4 is 10.6 Å². The van der Waals surface area contributed by atoms with Gasteiger partial charge in [0.05, 0.1) is 17.0 Å². The Morgan fingerprint density at radius 1 is 0.912 bits per heavy atom. The number of nitrogens with one attached hydrogen (secondary N) is 2. The predicted octanol–water partition coefficient (Wildman–Crippen LogP) is 3.99. The van der Waals surface area contributed by atoms with Crippen LogP contribution in [0, 0.1) is 6.92 Å². The molecule has 3 rings (SSSR count). The van der Waals surface area contributed by atoms with Crippen molar-refractivity contribution in [3.8, 4) is 5.75 Å². The largest absolute Gasteiger partial charge is 0.507 e. The van der Waals surface area contributed by atoms with Gasteiger partial charge in [0.15, 0.2) is 6.61 Å². The maximum absolute atomic E-state index is 12.8. The summed E-state index contributed by atoms with van der Waals surface area (Å²) in [5.41, 5.74) is 0.873. The standard InChI is InChI=1S/C24H22N2O7S/c1-3-32-24(31)19-14(2)20(21(29)25-15-9-5-4-6-10-15)34-22(19)26-18(28)13-33-23(30)16-11-7-8-12-17(16)27/h4-12,27H,3,13H2,1-2H3,(H,25,29)(H,26,28). The first-order chi connectivity index (χ1) is 16.3. The SMILES string of the molecule is CCOC(=O)c1c(NC(=O)COC(=O)c2ccccc2O)sc(C(=O)Nc2ccccc2)c1C. The van der Waals surface area contributed by atoms with Gasteiger partial charge in [-0.25, -0.2) is 9.59 Å². The number of amides is 2. The smallest absolute Gasteiger partial charge is 0.342 e. The molecule has 0 aliphatic heterocycles. The topological polar surface area (TPSA) is 131 Å². The van der Waals surface area contributed by atoms with Crippen molar-refractivity contribution in [2.24, 2.45) is 0 Å². The number of thiophene rings is 1. The van der Waals surface area contributed by atoms with Gasteiger partial charge < -0.3 is 25.2 Å². The third-order valence-corrected chi connectivity index (χ3v) is 5.78. The van der Waals surface area contributed by atoms with Crippen molar-refractivity contribution in [3.05, 3.63) is 76.2 Å². The molecule has 9 nitrogen and oxygen atoms in total. The summed E-state index contributed by atoms with van der Waals surface area (Å²) in [4.78, 5) is 50.1. The highest BCUT2D eigenvalue weighted by Gasteiger charge is 2.27. The third-order valence-electron chi connectivity index (χ3n) is 4.58. The minimum absolute atomic E-state index is 0.0467. The van der Waals surface area contributed by atoms with E-state index in [-0.39, 0.29) is 33.4 Å². The van der Waals surface area contributed by atoms with Crippen LogP contribution in [0.25, 0.3) is 0 Å². The average molecular weight is 483 g/mol. The Morgan fingerprint density at radius 2 is 1.59 bits per heavy atom. The van der Waals surface area contributed by atoms with Crippen LogP contribution in [0.1, 0.15) is 42.9 Å². The van der Waals surface area contributed by atoms with Crippen LogP contribution in [-0.4, -0.2) is 42.1 Å². The van der Waals surface area contributed by atoms with E-state index < -0.39 is 30.4 Å². The maximum atomic E-state index is 12.8. The minimum atomic E-state index is -0.885. The molecule has 10 heteroatoms. The van der Waals surface area contributed by atoms with Gasteiger partial charge in [-0.05, 0) is 43.7 Å². The van der Waals surface area contributed by atoms with Crippen LogP contribution in [0.4, 0.5) is 10.7 Å². The second kappa shape index (κ2) is 11.1. The molecule has 0 fully saturated rings. The lowest BCUT2D eigenvalue weighted by molar-refractivity contribution is -0.119. The zero-order valence-electron chi connectivity index (χ0n) is 18.4. The lowest BCUT2D eigenvalue weighted by Crippen LogP contribution is -2.21. The number of phenols is 1. The molecule has 0 unspecified atom stereocenters. The Labute approximate surface area is 199 Å². The molecule has 1 aromatic heterocycles. The van der Waals surface area contributed by atoms with E-state index in [4.69, 9.17) is 9.47 Å². The molecule has 0 bridgehead atoms. The van der Waals surface area contributed by atoms with Gasteiger partial charge in [0.1, 0.15) is 16.3 Å². The first kappa shape index (κ1) is 24.5. The highest BCUT2D eigenvalue weighted by atomic mass is 32.1. The van der Waals surface area contributed by atoms with E-state index in [1.165, 1.54) is 12.1 Å². The fourth-order valence-corrected chi connectivity index (χ4v) is 4.10. The molecule has 2 aromatic carbocycles. The van der Waals surface area contributed by atoms with E-state index in [2.05, 4.69) is 10.6 Å². The van der Waals surface area contributed by atoms with Gasteiger partial charge >= 0.3 is 11.9 Å². The van der Waals surface area contributed by atoms with Crippen LogP contribution in [-0.2, 0) is 14.3 Å². The Bertz CT molecular complexity index is 1220. The molecule has 0 aliphatic carbocycles. The van der Waals surface area contributed by atoms with E-state index in [1.54, 1.807) is 50.2 Å². The summed E-state index contributed by atoms with van der Waals surface area (Å²) in [6, 6.07) is 14.5. The molecule has 0 saturated carbocycles. The van der Waals surface area contributed by atoms with Gasteiger partial charge in [0.25, 0.3) is 11.8 Å². The lowest BCUT2D eigenvalue weighted by Gasteiger charge is -2.08. The van der Waals surface area contributed by atoms with E-state index in [0.717, 1.165) is 11.3 Å². The molecule has 0 aliphatic rings. The van der Waals surface area contributed by atoms with Crippen LogP contribution in [0.2, 0.25) is 0 Å². The molecule has 0 radical (unpaired) electrons. The van der Waals surface area contributed by atoms with Crippen molar-refractivity contribution >= 4 is 45.8 Å². The molecule has 1 heterocycles. The number of para-hydroxylation sites is 2. The summed E-state index contributed by atoms with van der Waals surface area (Å²) in [6.07, 6.45) is 0. The van der Waals surface area contributed by atoms with Crippen molar-refractivity contribution in [3.63, 3.8) is 0 Å². The zero-order chi connectivity index (χ0) is 24.7. The number of benzene rings is 2. The first-order valence-corrected chi connectivity index (χ1v) is 11.0. The molecular formula is C24H22N2O7S. The van der Waals surface area contributed by atoms with Gasteiger partial charge in [-0.15, -0.1) is 11.3 Å². The zero-order valence-corrected chi connectivity index (χ0v) is 19.2. The maximum Gasteiger partial charge on any atom is 0.342 e. The van der Waals surface area contributed by atoms with Gasteiger partial charge in [-0.3, -0.25) is 9.59 Å². The number of ether oxygens (including phenoxy) is 2. The Balaban J connectivity index is 1.77. The van der Waals surface area contributed by atoms with Crippen LogP contribution in [0.5, 0.6) is 5.75 Å². The summed E-state index contributed by atoms with van der Waals surface area (Å²) in [7, 11) is 0. The Morgan fingerprint density at radius 3 is 2.26 bits per heavy atom. The third kappa shape index (κ3) is 5.78. The van der Waals surface area contributed by atoms with Gasteiger partial charge in [0, 0.05) is 5.69 Å². The number of hydrogen-bond donors (Lipinski definition) is 3. The van der Waals surface area contributed by atoms with Gasteiger partial charge in [-0.2, -0.15) is 0 Å². The number of phenolic OH excluding ortho intramolecular Hbond substituents is 1. The van der Waals surface area contributed by atoms with Gasteiger partial charge in [-0.1, -0.05) is 30.3 Å². The molecule has 3 aromatic rings. The second-order valence-corrected chi connectivity index (χ2v) is 7.96. The van der Waals surface area contributed by atoms with E-state index in [0.29, 0.717) is 11.3 Å².